The second kappa shape index (κ2) is 6.37. The molecular formula is C17H25ClN2O. The highest BCUT2D eigenvalue weighted by Gasteiger charge is 2.43. The van der Waals surface area contributed by atoms with Crippen LogP contribution in [0.1, 0.15) is 46.3 Å². The van der Waals surface area contributed by atoms with Crippen LogP contribution >= 0.6 is 11.6 Å². The van der Waals surface area contributed by atoms with Gasteiger partial charge in [0, 0.05) is 11.1 Å². The molecular weight excluding hydrogens is 284 g/mol. The van der Waals surface area contributed by atoms with Gasteiger partial charge in [-0.2, -0.15) is 0 Å². The molecule has 21 heavy (non-hydrogen) atoms. The highest BCUT2D eigenvalue weighted by molar-refractivity contribution is 6.30. The number of nitrogens with zero attached hydrogens (tertiary/aromatic N) is 1. The molecule has 1 heterocycles. The van der Waals surface area contributed by atoms with Gasteiger partial charge in [0.1, 0.15) is 6.17 Å². The molecule has 1 aliphatic rings. The van der Waals surface area contributed by atoms with E-state index in [0.717, 1.165) is 5.56 Å². The van der Waals surface area contributed by atoms with E-state index in [1.807, 2.05) is 29.2 Å². The van der Waals surface area contributed by atoms with Crippen molar-refractivity contribution in [1.82, 2.24) is 10.2 Å². The van der Waals surface area contributed by atoms with Gasteiger partial charge in [0.15, 0.2) is 0 Å². The minimum absolute atomic E-state index is 0.0698. The Morgan fingerprint density at radius 2 is 1.67 bits per heavy atom. The largest absolute Gasteiger partial charge is 0.319 e. The van der Waals surface area contributed by atoms with E-state index in [1.54, 1.807) is 0 Å². The standard InChI is InChI=1S/C17H25ClN2O/c1-10(2)12(5)20-16(13-6-8-14(18)9-7-13)19-15(11(3)4)17(20)21/h6-12,15-16,19H,1-5H3. The van der Waals surface area contributed by atoms with Crippen LogP contribution < -0.4 is 5.32 Å². The van der Waals surface area contributed by atoms with E-state index in [1.165, 1.54) is 0 Å². The van der Waals surface area contributed by atoms with Crippen molar-refractivity contribution < 1.29 is 4.79 Å². The van der Waals surface area contributed by atoms with Crippen LogP contribution in [0.4, 0.5) is 0 Å². The summed E-state index contributed by atoms with van der Waals surface area (Å²) in [4.78, 5) is 14.8. The Balaban J connectivity index is 2.36. The van der Waals surface area contributed by atoms with Gasteiger partial charge in [-0.05, 0) is 36.5 Å². The van der Waals surface area contributed by atoms with Gasteiger partial charge in [0.25, 0.3) is 0 Å². The summed E-state index contributed by atoms with van der Waals surface area (Å²) >= 11 is 5.97. The van der Waals surface area contributed by atoms with Crippen LogP contribution in [-0.4, -0.2) is 22.9 Å². The van der Waals surface area contributed by atoms with Crippen molar-refractivity contribution in [1.29, 1.82) is 0 Å². The van der Waals surface area contributed by atoms with E-state index in [4.69, 9.17) is 11.6 Å². The Kier molecular flexibility index (Phi) is 4.95. The molecule has 0 spiro atoms. The lowest BCUT2D eigenvalue weighted by Gasteiger charge is -2.33. The second-order valence-corrected chi connectivity index (χ2v) is 7.01. The third-order valence-corrected chi connectivity index (χ3v) is 4.64. The Morgan fingerprint density at radius 3 is 2.14 bits per heavy atom. The number of hydrogen-bond acceptors (Lipinski definition) is 2. The summed E-state index contributed by atoms with van der Waals surface area (Å²) in [6.07, 6.45) is -0.0698. The molecule has 0 aromatic heterocycles. The van der Waals surface area contributed by atoms with Crippen molar-refractivity contribution in [2.24, 2.45) is 11.8 Å². The summed E-state index contributed by atoms with van der Waals surface area (Å²) in [6, 6.07) is 7.82. The zero-order chi connectivity index (χ0) is 15.7. The maximum atomic E-state index is 12.8. The lowest BCUT2D eigenvalue weighted by atomic mass is 10.0. The second-order valence-electron chi connectivity index (χ2n) is 6.57. The van der Waals surface area contributed by atoms with Crippen LogP contribution in [0.2, 0.25) is 5.02 Å². The van der Waals surface area contributed by atoms with Gasteiger partial charge in [-0.15, -0.1) is 0 Å². The summed E-state index contributed by atoms with van der Waals surface area (Å²) in [5, 5.41) is 4.21. The van der Waals surface area contributed by atoms with Crippen molar-refractivity contribution in [3.8, 4) is 0 Å². The van der Waals surface area contributed by atoms with Gasteiger partial charge >= 0.3 is 0 Å². The van der Waals surface area contributed by atoms with Crippen molar-refractivity contribution in [3.63, 3.8) is 0 Å². The summed E-state index contributed by atoms with van der Waals surface area (Å²) < 4.78 is 0. The highest BCUT2D eigenvalue weighted by atomic mass is 35.5. The minimum atomic E-state index is -0.119. The third-order valence-electron chi connectivity index (χ3n) is 4.39. The Hall–Kier alpha value is -1.06. The molecule has 3 atom stereocenters. The van der Waals surface area contributed by atoms with Crippen LogP contribution in [0.25, 0.3) is 0 Å². The lowest BCUT2D eigenvalue weighted by molar-refractivity contribution is -0.133. The van der Waals surface area contributed by atoms with Crippen molar-refractivity contribution >= 4 is 17.5 Å². The van der Waals surface area contributed by atoms with E-state index in [-0.39, 0.29) is 30.1 Å². The van der Waals surface area contributed by atoms with Gasteiger partial charge in [-0.25, -0.2) is 0 Å². The summed E-state index contributed by atoms with van der Waals surface area (Å²) in [5.74, 6) is 0.888. The molecule has 0 saturated carbocycles. The van der Waals surface area contributed by atoms with E-state index >= 15 is 0 Å². The fraction of sp³-hybridized carbons (Fsp3) is 0.588. The molecule has 1 N–H and O–H groups in total. The molecule has 0 radical (unpaired) electrons. The zero-order valence-corrected chi connectivity index (χ0v) is 14.2. The third kappa shape index (κ3) is 3.24. The first-order valence-corrected chi connectivity index (χ1v) is 8.04. The van der Waals surface area contributed by atoms with Gasteiger partial charge in [-0.3, -0.25) is 10.1 Å². The first-order chi connectivity index (χ1) is 9.82. The molecule has 1 amide bonds. The summed E-state index contributed by atoms with van der Waals surface area (Å²) in [7, 11) is 0. The molecule has 0 aliphatic carbocycles. The Morgan fingerprint density at radius 1 is 1.10 bits per heavy atom. The average Bonchev–Trinajstić information content (AvgIpc) is 2.76. The number of rotatable bonds is 4. The topological polar surface area (TPSA) is 32.3 Å². The highest BCUT2D eigenvalue weighted by Crippen LogP contribution is 2.32. The smallest absolute Gasteiger partial charge is 0.241 e. The molecule has 4 heteroatoms. The molecule has 1 fully saturated rings. The van der Waals surface area contributed by atoms with Gasteiger partial charge in [-0.1, -0.05) is 51.4 Å². The predicted molar refractivity (Wildman–Crippen MR) is 87.1 cm³/mol. The minimum Gasteiger partial charge on any atom is -0.319 e. The maximum absolute atomic E-state index is 12.8. The Labute approximate surface area is 132 Å². The van der Waals surface area contributed by atoms with E-state index in [0.29, 0.717) is 10.9 Å². The molecule has 1 aromatic carbocycles. The number of nitrogens with one attached hydrogen (secondary N) is 1. The normalized spacial score (nSPS) is 24.2. The molecule has 2 rings (SSSR count). The summed E-state index contributed by atoms with van der Waals surface area (Å²) in [5.41, 5.74) is 1.09. The number of carbonyl (C=O) groups is 1. The number of benzene rings is 1. The first kappa shape index (κ1) is 16.3. The van der Waals surface area contributed by atoms with E-state index < -0.39 is 0 Å². The molecule has 1 aliphatic heterocycles. The molecule has 1 aromatic rings. The molecule has 0 bridgehead atoms. The predicted octanol–water partition coefficient (Wildman–Crippen LogP) is 3.84. The number of halogens is 1. The maximum Gasteiger partial charge on any atom is 0.241 e. The van der Waals surface area contributed by atoms with E-state index in [2.05, 4.69) is 39.9 Å². The van der Waals surface area contributed by atoms with Crippen molar-refractivity contribution in [2.75, 3.05) is 0 Å². The zero-order valence-electron chi connectivity index (χ0n) is 13.4. The molecule has 3 nitrogen and oxygen atoms in total. The van der Waals surface area contributed by atoms with Crippen LogP contribution in [0.3, 0.4) is 0 Å². The van der Waals surface area contributed by atoms with Crippen LogP contribution in [0.15, 0.2) is 24.3 Å². The van der Waals surface area contributed by atoms with E-state index in [9.17, 15) is 4.79 Å². The lowest BCUT2D eigenvalue weighted by Crippen LogP contribution is -2.41. The number of carbonyl (C=O) groups excluding carboxylic acids is 1. The quantitative estimate of drug-likeness (QED) is 0.916. The first-order valence-electron chi connectivity index (χ1n) is 7.66. The van der Waals surface area contributed by atoms with Gasteiger partial charge in [0.05, 0.1) is 6.04 Å². The van der Waals surface area contributed by atoms with Gasteiger partial charge < -0.3 is 4.90 Å². The van der Waals surface area contributed by atoms with Crippen LogP contribution in [-0.2, 0) is 4.79 Å². The fourth-order valence-corrected chi connectivity index (χ4v) is 2.87. The number of amides is 1. The molecule has 3 unspecified atom stereocenters. The van der Waals surface area contributed by atoms with Crippen molar-refractivity contribution in [3.05, 3.63) is 34.9 Å². The van der Waals surface area contributed by atoms with Crippen LogP contribution in [0, 0.1) is 11.8 Å². The summed E-state index contributed by atoms with van der Waals surface area (Å²) in [6.45, 7) is 10.6. The Bertz CT molecular complexity index is 498. The molecule has 116 valence electrons. The SMILES string of the molecule is CC(C)C1NC(c2ccc(Cl)cc2)N(C(C)C(C)C)C1=O. The monoisotopic (exact) mass is 308 g/mol. The van der Waals surface area contributed by atoms with Gasteiger partial charge in [0.2, 0.25) is 5.91 Å². The van der Waals surface area contributed by atoms with Crippen LogP contribution in [0.5, 0.6) is 0 Å². The fourth-order valence-electron chi connectivity index (χ4n) is 2.75. The molecule has 1 saturated heterocycles. The van der Waals surface area contributed by atoms with Crippen molar-refractivity contribution in [2.45, 2.75) is 52.9 Å². The number of hydrogen-bond donors (Lipinski definition) is 1. The average molecular weight is 309 g/mol.